The SMILES string of the molecule is COC(C)CC(=O)Nc1cc(C(C)(C)C)on1. The lowest BCUT2D eigenvalue weighted by molar-refractivity contribution is -0.118. The molecule has 0 aromatic carbocycles. The summed E-state index contributed by atoms with van der Waals surface area (Å²) in [6.07, 6.45) is 0.192. The molecule has 0 saturated heterocycles. The van der Waals surface area contributed by atoms with E-state index in [-0.39, 0.29) is 17.4 Å². The van der Waals surface area contributed by atoms with Crippen LogP contribution in [0.3, 0.4) is 0 Å². The molecule has 1 aromatic heterocycles. The van der Waals surface area contributed by atoms with E-state index < -0.39 is 0 Å². The number of nitrogens with one attached hydrogen (secondary N) is 1. The van der Waals surface area contributed by atoms with Gasteiger partial charge in [0.25, 0.3) is 0 Å². The molecule has 5 nitrogen and oxygen atoms in total. The average molecular weight is 240 g/mol. The van der Waals surface area contributed by atoms with E-state index in [1.807, 2.05) is 27.7 Å². The normalized spacial score (nSPS) is 13.5. The fourth-order valence-electron chi connectivity index (χ4n) is 1.23. The Balaban J connectivity index is 2.58. The fraction of sp³-hybridized carbons (Fsp3) is 0.667. The Bertz CT molecular complexity index is 379. The van der Waals surface area contributed by atoms with Gasteiger partial charge in [-0.3, -0.25) is 4.79 Å². The molecule has 5 heteroatoms. The lowest BCUT2D eigenvalue weighted by Crippen LogP contribution is -2.19. The van der Waals surface area contributed by atoms with E-state index in [1.54, 1.807) is 13.2 Å². The quantitative estimate of drug-likeness (QED) is 0.877. The summed E-state index contributed by atoms with van der Waals surface area (Å²) in [5.74, 6) is 1.06. The van der Waals surface area contributed by atoms with Crippen LogP contribution in [-0.4, -0.2) is 24.3 Å². The second kappa shape index (κ2) is 5.31. The van der Waals surface area contributed by atoms with Crippen LogP contribution in [0.1, 0.15) is 39.9 Å². The van der Waals surface area contributed by atoms with Crippen LogP contribution in [0.4, 0.5) is 5.82 Å². The molecule has 1 N–H and O–H groups in total. The molecule has 1 amide bonds. The van der Waals surface area contributed by atoms with Crippen molar-refractivity contribution >= 4 is 11.7 Å². The Labute approximate surface area is 102 Å². The number of anilines is 1. The predicted octanol–water partition coefficient (Wildman–Crippen LogP) is 2.34. The Kier molecular flexibility index (Phi) is 4.28. The first-order valence-corrected chi connectivity index (χ1v) is 5.62. The number of carbonyl (C=O) groups is 1. The van der Waals surface area contributed by atoms with Crippen molar-refractivity contribution in [2.24, 2.45) is 0 Å². The first-order valence-electron chi connectivity index (χ1n) is 5.62. The van der Waals surface area contributed by atoms with E-state index in [4.69, 9.17) is 9.26 Å². The van der Waals surface area contributed by atoms with Crippen molar-refractivity contribution < 1.29 is 14.1 Å². The minimum absolute atomic E-state index is 0.107. The topological polar surface area (TPSA) is 64.4 Å². The zero-order chi connectivity index (χ0) is 13.1. The van der Waals surface area contributed by atoms with E-state index in [0.717, 1.165) is 5.76 Å². The van der Waals surface area contributed by atoms with Gasteiger partial charge in [0.15, 0.2) is 5.82 Å². The fourth-order valence-corrected chi connectivity index (χ4v) is 1.23. The van der Waals surface area contributed by atoms with Crippen LogP contribution in [0.2, 0.25) is 0 Å². The lowest BCUT2D eigenvalue weighted by Gasteiger charge is -2.12. The maximum Gasteiger partial charge on any atom is 0.228 e. The predicted molar refractivity (Wildman–Crippen MR) is 64.9 cm³/mol. The van der Waals surface area contributed by atoms with Gasteiger partial charge < -0.3 is 14.6 Å². The Morgan fingerprint density at radius 3 is 2.71 bits per heavy atom. The van der Waals surface area contributed by atoms with Crippen LogP contribution < -0.4 is 5.32 Å². The molecule has 1 aromatic rings. The number of amides is 1. The van der Waals surface area contributed by atoms with Gasteiger partial charge in [-0.25, -0.2) is 0 Å². The van der Waals surface area contributed by atoms with Crippen LogP contribution in [0, 0.1) is 0 Å². The molecule has 0 aliphatic carbocycles. The number of hydrogen-bond acceptors (Lipinski definition) is 4. The summed E-state index contributed by atoms with van der Waals surface area (Å²) in [7, 11) is 1.58. The van der Waals surface area contributed by atoms with Crippen molar-refractivity contribution in [3.63, 3.8) is 0 Å². The molecule has 0 saturated carbocycles. The van der Waals surface area contributed by atoms with Gasteiger partial charge >= 0.3 is 0 Å². The van der Waals surface area contributed by atoms with Crippen molar-refractivity contribution in [3.8, 4) is 0 Å². The van der Waals surface area contributed by atoms with E-state index in [2.05, 4.69) is 10.5 Å². The third-order valence-corrected chi connectivity index (χ3v) is 2.39. The molecule has 0 aliphatic heterocycles. The van der Waals surface area contributed by atoms with E-state index in [9.17, 15) is 4.79 Å². The highest BCUT2D eigenvalue weighted by Gasteiger charge is 2.20. The molecular formula is C12H20N2O3. The van der Waals surface area contributed by atoms with Crippen molar-refractivity contribution in [2.45, 2.75) is 45.6 Å². The molecule has 0 radical (unpaired) electrons. The largest absolute Gasteiger partial charge is 0.381 e. The minimum atomic E-state index is -0.131. The number of nitrogens with zero attached hydrogens (tertiary/aromatic N) is 1. The van der Waals surface area contributed by atoms with Gasteiger partial charge in [-0.05, 0) is 6.92 Å². The highest BCUT2D eigenvalue weighted by molar-refractivity contribution is 5.90. The number of aromatic nitrogens is 1. The highest BCUT2D eigenvalue weighted by Crippen LogP contribution is 2.24. The van der Waals surface area contributed by atoms with Crippen LogP contribution in [0.25, 0.3) is 0 Å². The lowest BCUT2D eigenvalue weighted by atomic mass is 9.93. The maximum atomic E-state index is 11.6. The highest BCUT2D eigenvalue weighted by atomic mass is 16.5. The van der Waals surface area contributed by atoms with E-state index in [1.165, 1.54) is 0 Å². The molecule has 0 spiro atoms. The number of rotatable bonds is 4. The minimum Gasteiger partial charge on any atom is -0.381 e. The van der Waals surface area contributed by atoms with Gasteiger partial charge in [0.05, 0.1) is 12.5 Å². The van der Waals surface area contributed by atoms with Gasteiger partial charge in [0.1, 0.15) is 5.76 Å². The standard InChI is InChI=1S/C12H20N2O3/c1-8(16-5)6-11(15)13-10-7-9(17-14-10)12(2,3)4/h7-8H,6H2,1-5H3,(H,13,14,15). The van der Waals surface area contributed by atoms with Crippen molar-refractivity contribution in [1.82, 2.24) is 5.16 Å². The zero-order valence-corrected chi connectivity index (χ0v) is 11.0. The number of hydrogen-bond donors (Lipinski definition) is 1. The van der Waals surface area contributed by atoms with E-state index >= 15 is 0 Å². The number of ether oxygens (including phenoxy) is 1. The third kappa shape index (κ3) is 4.19. The summed E-state index contributed by atoms with van der Waals surface area (Å²) in [6.45, 7) is 7.90. The van der Waals surface area contributed by atoms with Gasteiger partial charge in [0, 0.05) is 18.6 Å². The summed E-state index contributed by atoms with van der Waals surface area (Å²) < 4.78 is 10.2. The maximum absolute atomic E-state index is 11.6. The monoisotopic (exact) mass is 240 g/mol. The van der Waals surface area contributed by atoms with Crippen LogP contribution in [0.5, 0.6) is 0 Å². The first kappa shape index (κ1) is 13.7. The molecular weight excluding hydrogens is 220 g/mol. The van der Waals surface area contributed by atoms with Crippen LogP contribution >= 0.6 is 0 Å². The molecule has 96 valence electrons. The average Bonchev–Trinajstić information content (AvgIpc) is 2.65. The van der Waals surface area contributed by atoms with Gasteiger partial charge in [-0.1, -0.05) is 25.9 Å². The van der Waals surface area contributed by atoms with E-state index in [0.29, 0.717) is 12.2 Å². The molecule has 0 bridgehead atoms. The second-order valence-corrected chi connectivity index (χ2v) is 5.13. The summed E-state index contributed by atoms with van der Waals surface area (Å²) in [6, 6.07) is 1.75. The summed E-state index contributed by atoms with van der Waals surface area (Å²) in [5, 5.41) is 6.48. The smallest absolute Gasteiger partial charge is 0.228 e. The van der Waals surface area contributed by atoms with Crippen molar-refractivity contribution in [2.75, 3.05) is 12.4 Å². The van der Waals surface area contributed by atoms with Gasteiger partial charge in [-0.15, -0.1) is 0 Å². The molecule has 1 heterocycles. The Morgan fingerprint density at radius 2 is 2.24 bits per heavy atom. The summed E-state index contributed by atoms with van der Waals surface area (Å²) in [5.41, 5.74) is -0.115. The zero-order valence-electron chi connectivity index (χ0n) is 11.0. The molecule has 1 atom stereocenters. The number of methoxy groups -OCH3 is 1. The molecule has 0 fully saturated rings. The van der Waals surface area contributed by atoms with Crippen molar-refractivity contribution in [3.05, 3.63) is 11.8 Å². The molecule has 0 aliphatic rings. The van der Waals surface area contributed by atoms with Crippen LogP contribution in [0.15, 0.2) is 10.6 Å². The molecule has 17 heavy (non-hydrogen) atoms. The first-order chi connectivity index (χ1) is 7.82. The summed E-state index contributed by atoms with van der Waals surface area (Å²) >= 11 is 0. The molecule has 1 rings (SSSR count). The van der Waals surface area contributed by atoms with Crippen molar-refractivity contribution in [1.29, 1.82) is 0 Å². The van der Waals surface area contributed by atoms with Gasteiger partial charge in [-0.2, -0.15) is 0 Å². The Morgan fingerprint density at radius 1 is 1.59 bits per heavy atom. The van der Waals surface area contributed by atoms with Gasteiger partial charge in [0.2, 0.25) is 5.91 Å². The second-order valence-electron chi connectivity index (χ2n) is 5.13. The summed E-state index contributed by atoms with van der Waals surface area (Å²) in [4.78, 5) is 11.6. The third-order valence-electron chi connectivity index (χ3n) is 2.39. The molecule has 1 unspecified atom stereocenters. The number of carbonyl (C=O) groups excluding carboxylic acids is 1. The van der Waals surface area contributed by atoms with Crippen LogP contribution in [-0.2, 0) is 14.9 Å². The Hall–Kier alpha value is -1.36.